The maximum Gasteiger partial charge on any atom is 0.339 e. The molecule has 2 aromatic carbocycles. The molecule has 0 aliphatic heterocycles. The van der Waals surface area contributed by atoms with Crippen LogP contribution < -0.4 is 4.18 Å². The van der Waals surface area contributed by atoms with Crippen LogP contribution in [0.3, 0.4) is 0 Å². The van der Waals surface area contributed by atoms with Crippen LogP contribution in [0.25, 0.3) is 0 Å². The van der Waals surface area contributed by atoms with Crippen LogP contribution in [0.15, 0.2) is 47.4 Å². The van der Waals surface area contributed by atoms with Gasteiger partial charge >= 0.3 is 16.1 Å². The van der Waals surface area contributed by atoms with Gasteiger partial charge in [-0.05, 0) is 49.7 Å². The molecule has 7 heteroatoms. The number of aryl methyl sites for hydroxylation is 1. The number of ether oxygens (including phenoxy) is 1. The summed E-state index contributed by atoms with van der Waals surface area (Å²) in [5.41, 5.74) is 0.937. The minimum Gasteiger partial charge on any atom is -0.462 e. The highest BCUT2D eigenvalue weighted by Gasteiger charge is 2.20. The third kappa shape index (κ3) is 4.24. The largest absolute Gasteiger partial charge is 0.462 e. The number of benzene rings is 2. The molecule has 0 spiro atoms. The number of carbonyl (C=O) groups is 1. The minimum absolute atomic E-state index is 0.0354. The van der Waals surface area contributed by atoms with Crippen molar-refractivity contribution in [3.05, 3.63) is 58.6 Å². The molecule has 0 radical (unpaired) electrons. The molecular formula is C16H15ClO5S. The van der Waals surface area contributed by atoms with Gasteiger partial charge in [-0.1, -0.05) is 23.7 Å². The van der Waals surface area contributed by atoms with E-state index < -0.39 is 16.1 Å². The number of carbonyl (C=O) groups excluding carboxylic acids is 1. The number of hydrogen-bond acceptors (Lipinski definition) is 5. The van der Waals surface area contributed by atoms with Crippen molar-refractivity contribution in [3.8, 4) is 5.75 Å². The fraction of sp³-hybridized carbons (Fsp3) is 0.188. The molecule has 0 saturated heterocycles. The van der Waals surface area contributed by atoms with Crippen LogP contribution in [0.1, 0.15) is 22.8 Å². The van der Waals surface area contributed by atoms with E-state index in [0.29, 0.717) is 0 Å². The molecular weight excluding hydrogens is 340 g/mol. The van der Waals surface area contributed by atoms with Gasteiger partial charge in [-0.3, -0.25) is 0 Å². The van der Waals surface area contributed by atoms with Gasteiger partial charge in [-0.15, -0.1) is 0 Å². The van der Waals surface area contributed by atoms with Gasteiger partial charge in [0.05, 0.1) is 17.2 Å². The van der Waals surface area contributed by atoms with Crippen molar-refractivity contribution in [3.63, 3.8) is 0 Å². The first-order chi connectivity index (χ1) is 10.8. The summed E-state index contributed by atoms with van der Waals surface area (Å²) in [6, 6.07) is 10.3. The standard InChI is InChI=1S/C16H15ClO5S/c1-3-21-16(18)12-5-4-6-13(10-12)23(19,20)22-15-9-11(2)7-8-14(15)17/h4-10H,3H2,1-2H3. The molecule has 2 aromatic rings. The van der Waals surface area contributed by atoms with E-state index in [1.54, 1.807) is 26.0 Å². The second-order valence-corrected chi connectivity index (χ2v) is 6.67. The topological polar surface area (TPSA) is 69.7 Å². The average molecular weight is 355 g/mol. The highest BCUT2D eigenvalue weighted by Crippen LogP contribution is 2.28. The normalized spacial score (nSPS) is 11.1. The lowest BCUT2D eigenvalue weighted by Gasteiger charge is -2.10. The fourth-order valence-corrected chi connectivity index (χ4v) is 3.02. The molecule has 122 valence electrons. The second kappa shape index (κ2) is 7.02. The smallest absolute Gasteiger partial charge is 0.339 e. The fourth-order valence-electron chi connectivity index (χ4n) is 1.83. The van der Waals surface area contributed by atoms with Crippen LogP contribution in [-0.4, -0.2) is 21.0 Å². The van der Waals surface area contributed by atoms with Crippen molar-refractivity contribution >= 4 is 27.7 Å². The number of halogens is 1. The summed E-state index contributed by atoms with van der Waals surface area (Å²) in [4.78, 5) is 11.5. The third-order valence-corrected chi connectivity index (χ3v) is 4.46. The minimum atomic E-state index is -4.12. The van der Waals surface area contributed by atoms with Crippen LogP contribution in [0.4, 0.5) is 0 Å². The zero-order valence-electron chi connectivity index (χ0n) is 12.6. The average Bonchev–Trinajstić information content (AvgIpc) is 2.51. The zero-order chi connectivity index (χ0) is 17.0. The zero-order valence-corrected chi connectivity index (χ0v) is 14.1. The highest BCUT2D eigenvalue weighted by atomic mass is 35.5. The van der Waals surface area contributed by atoms with Gasteiger partial charge in [0.2, 0.25) is 0 Å². The van der Waals surface area contributed by atoms with Gasteiger partial charge in [0, 0.05) is 0 Å². The third-order valence-electron chi connectivity index (χ3n) is 2.92. The van der Waals surface area contributed by atoms with Gasteiger partial charge in [-0.25, -0.2) is 4.79 Å². The number of esters is 1. The monoisotopic (exact) mass is 354 g/mol. The highest BCUT2D eigenvalue weighted by molar-refractivity contribution is 7.87. The Bertz CT molecular complexity index is 830. The first kappa shape index (κ1) is 17.3. The predicted molar refractivity (Wildman–Crippen MR) is 86.4 cm³/mol. The van der Waals surface area contributed by atoms with Crippen LogP contribution in [0.5, 0.6) is 5.75 Å². The molecule has 2 rings (SSSR count). The van der Waals surface area contributed by atoms with E-state index >= 15 is 0 Å². The molecule has 0 aliphatic rings. The lowest BCUT2D eigenvalue weighted by molar-refractivity contribution is 0.0526. The Morgan fingerprint density at radius 2 is 1.91 bits per heavy atom. The van der Waals surface area contributed by atoms with E-state index in [4.69, 9.17) is 20.5 Å². The number of rotatable bonds is 5. The lowest BCUT2D eigenvalue weighted by atomic mass is 10.2. The molecule has 0 fully saturated rings. The molecule has 0 heterocycles. The van der Waals surface area contributed by atoms with Crippen molar-refractivity contribution < 1.29 is 22.1 Å². The Kier molecular flexibility index (Phi) is 5.28. The second-order valence-electron chi connectivity index (χ2n) is 4.72. The van der Waals surface area contributed by atoms with Crippen molar-refractivity contribution in [2.24, 2.45) is 0 Å². The SMILES string of the molecule is CCOC(=O)c1cccc(S(=O)(=O)Oc2cc(C)ccc2Cl)c1. The molecule has 0 atom stereocenters. The molecule has 0 bridgehead atoms. The molecule has 0 unspecified atom stereocenters. The summed E-state index contributed by atoms with van der Waals surface area (Å²) in [6.45, 7) is 3.66. The van der Waals surface area contributed by atoms with Crippen LogP contribution >= 0.6 is 11.6 Å². The maximum atomic E-state index is 12.4. The summed E-state index contributed by atoms with van der Waals surface area (Å²) >= 11 is 5.95. The van der Waals surface area contributed by atoms with E-state index in [2.05, 4.69) is 0 Å². The Morgan fingerprint density at radius 3 is 2.61 bits per heavy atom. The summed E-state index contributed by atoms with van der Waals surface area (Å²) in [7, 11) is -4.12. The van der Waals surface area contributed by atoms with Crippen molar-refractivity contribution in [1.82, 2.24) is 0 Å². The number of hydrogen-bond donors (Lipinski definition) is 0. The van der Waals surface area contributed by atoms with Crippen LogP contribution in [-0.2, 0) is 14.9 Å². The summed E-state index contributed by atoms with van der Waals surface area (Å²) in [6.07, 6.45) is 0. The molecule has 0 aliphatic carbocycles. The van der Waals surface area contributed by atoms with Gasteiger partial charge < -0.3 is 8.92 Å². The van der Waals surface area contributed by atoms with Gasteiger partial charge in [0.25, 0.3) is 0 Å². The van der Waals surface area contributed by atoms with E-state index in [0.717, 1.165) is 5.56 Å². The van der Waals surface area contributed by atoms with E-state index in [1.165, 1.54) is 30.3 Å². The van der Waals surface area contributed by atoms with Gasteiger partial charge in [0.15, 0.2) is 5.75 Å². The van der Waals surface area contributed by atoms with Crippen LogP contribution in [0.2, 0.25) is 5.02 Å². The molecule has 0 N–H and O–H groups in total. The summed E-state index contributed by atoms with van der Waals surface area (Å²) in [5.74, 6) is -0.564. The predicted octanol–water partition coefficient (Wildman–Crippen LogP) is 3.59. The lowest BCUT2D eigenvalue weighted by Crippen LogP contribution is -2.12. The molecule has 5 nitrogen and oxygen atoms in total. The maximum absolute atomic E-state index is 12.4. The van der Waals surface area contributed by atoms with Gasteiger partial charge in [-0.2, -0.15) is 8.42 Å². The Hall–Kier alpha value is -2.05. The Labute approximate surface area is 139 Å². The Morgan fingerprint density at radius 1 is 1.17 bits per heavy atom. The van der Waals surface area contributed by atoms with Gasteiger partial charge in [0.1, 0.15) is 4.90 Å². The Balaban J connectivity index is 2.34. The van der Waals surface area contributed by atoms with E-state index in [1.807, 2.05) is 0 Å². The van der Waals surface area contributed by atoms with Crippen molar-refractivity contribution in [2.45, 2.75) is 18.7 Å². The van der Waals surface area contributed by atoms with Crippen molar-refractivity contribution in [1.29, 1.82) is 0 Å². The van der Waals surface area contributed by atoms with E-state index in [9.17, 15) is 13.2 Å². The first-order valence-corrected chi connectivity index (χ1v) is 8.60. The summed E-state index contributed by atoms with van der Waals surface area (Å²) < 4.78 is 34.7. The molecule has 23 heavy (non-hydrogen) atoms. The van der Waals surface area contributed by atoms with E-state index in [-0.39, 0.29) is 27.8 Å². The quantitative estimate of drug-likeness (QED) is 0.606. The first-order valence-electron chi connectivity index (χ1n) is 6.81. The molecule has 0 saturated carbocycles. The summed E-state index contributed by atoms with van der Waals surface area (Å²) in [5, 5.41) is 0.181. The van der Waals surface area contributed by atoms with Crippen molar-refractivity contribution in [2.75, 3.05) is 6.61 Å². The molecule has 0 aromatic heterocycles. The molecule has 0 amide bonds. The van der Waals surface area contributed by atoms with Crippen LogP contribution in [0, 0.1) is 6.92 Å².